The zero-order chi connectivity index (χ0) is 12.8. The monoisotopic (exact) mass is 270 g/mol. The van der Waals surface area contributed by atoms with E-state index in [0.29, 0.717) is 11.5 Å². The number of rotatable bonds is 4. The molecule has 0 fully saturated rings. The van der Waals surface area contributed by atoms with Gasteiger partial charge in [0.1, 0.15) is 7.05 Å². The lowest BCUT2D eigenvalue weighted by Crippen LogP contribution is -2.28. The van der Waals surface area contributed by atoms with Crippen LogP contribution in [0.4, 0.5) is 0 Å². The maximum atomic E-state index is 7.17. The molecule has 0 aliphatic carbocycles. The standard InChI is InChI=1S/C10H16N5S2/c1-15-3-7(5-16-9(11)12)2-8(4-15)6-17-10(13)14/h2-4H,5-6H2,1H3,(H3,11,12)(H3,13,14)/q+1. The third-order valence-corrected chi connectivity index (χ3v) is 3.48. The molecule has 0 aliphatic rings. The Labute approximate surface area is 109 Å². The van der Waals surface area contributed by atoms with Crippen molar-refractivity contribution < 1.29 is 4.57 Å². The molecule has 1 aromatic rings. The second-order valence-electron chi connectivity index (χ2n) is 3.52. The van der Waals surface area contributed by atoms with Gasteiger partial charge in [-0.05, 0) is 6.07 Å². The van der Waals surface area contributed by atoms with Crippen LogP contribution in [0.2, 0.25) is 0 Å². The molecule has 0 spiro atoms. The van der Waals surface area contributed by atoms with E-state index in [1.807, 2.05) is 30.1 Å². The fraction of sp³-hybridized carbons (Fsp3) is 0.300. The first kappa shape index (κ1) is 13.9. The highest BCUT2D eigenvalue weighted by Crippen LogP contribution is 2.15. The minimum absolute atomic E-state index is 0.121. The molecule has 0 saturated carbocycles. The predicted octanol–water partition coefficient (Wildman–Crippen LogP) is 0.764. The molecule has 92 valence electrons. The van der Waals surface area contributed by atoms with Crippen molar-refractivity contribution in [3.05, 3.63) is 29.6 Å². The Morgan fingerprint density at radius 1 is 1.12 bits per heavy atom. The summed E-state index contributed by atoms with van der Waals surface area (Å²) in [5, 5.41) is 14.6. The summed E-state index contributed by atoms with van der Waals surface area (Å²) in [7, 11) is 1.95. The number of aromatic nitrogens is 1. The second-order valence-corrected chi connectivity index (χ2v) is 5.56. The van der Waals surface area contributed by atoms with Crippen molar-refractivity contribution in [3.8, 4) is 0 Å². The molecule has 0 saturated heterocycles. The SMILES string of the molecule is C[n+]1cc(CSC(=N)N)cc(CSC(=N)N)c1. The van der Waals surface area contributed by atoms with Gasteiger partial charge in [0.05, 0.1) is 0 Å². The lowest BCUT2D eigenvalue weighted by Gasteiger charge is -2.03. The molecule has 0 aliphatic heterocycles. The van der Waals surface area contributed by atoms with Crippen molar-refractivity contribution in [1.82, 2.24) is 0 Å². The summed E-state index contributed by atoms with van der Waals surface area (Å²) in [4.78, 5) is 0. The third-order valence-electron chi connectivity index (χ3n) is 1.90. The molecule has 17 heavy (non-hydrogen) atoms. The number of aryl methyl sites for hydroxylation is 1. The largest absolute Gasteiger partial charge is 0.379 e. The van der Waals surface area contributed by atoms with Crippen molar-refractivity contribution >= 4 is 33.9 Å². The van der Waals surface area contributed by atoms with Gasteiger partial charge in [-0.25, -0.2) is 4.57 Å². The minimum atomic E-state index is 0.121. The van der Waals surface area contributed by atoms with Gasteiger partial charge in [-0.2, -0.15) is 0 Å². The van der Waals surface area contributed by atoms with E-state index in [9.17, 15) is 0 Å². The molecule has 7 heteroatoms. The number of pyridine rings is 1. The Bertz CT molecular complexity index is 396. The van der Waals surface area contributed by atoms with Crippen molar-refractivity contribution in [2.24, 2.45) is 18.5 Å². The number of thioether (sulfide) groups is 2. The Morgan fingerprint density at radius 2 is 1.53 bits per heavy atom. The normalized spacial score (nSPS) is 10.2. The summed E-state index contributed by atoms with van der Waals surface area (Å²) in [6.07, 6.45) is 4.00. The van der Waals surface area contributed by atoms with Crippen molar-refractivity contribution in [3.63, 3.8) is 0 Å². The zero-order valence-electron chi connectivity index (χ0n) is 9.56. The number of nitrogens with one attached hydrogen (secondary N) is 2. The second kappa shape index (κ2) is 6.51. The van der Waals surface area contributed by atoms with Gasteiger partial charge in [0.25, 0.3) is 0 Å². The highest BCUT2D eigenvalue weighted by molar-refractivity contribution is 8.13. The van der Waals surface area contributed by atoms with Gasteiger partial charge in [0.15, 0.2) is 22.7 Å². The molecule has 1 heterocycles. The van der Waals surface area contributed by atoms with E-state index < -0.39 is 0 Å². The van der Waals surface area contributed by atoms with Crippen LogP contribution in [-0.4, -0.2) is 10.3 Å². The number of nitrogens with two attached hydrogens (primary N) is 2. The Hall–Kier alpha value is -1.21. The molecular formula is C10H16N5S2+. The number of nitrogens with zero attached hydrogens (tertiary/aromatic N) is 1. The van der Waals surface area contributed by atoms with Crippen LogP contribution in [0.15, 0.2) is 18.5 Å². The van der Waals surface area contributed by atoms with Crippen LogP contribution in [0.25, 0.3) is 0 Å². The molecule has 0 aromatic carbocycles. The average Bonchev–Trinajstić information content (AvgIpc) is 2.23. The summed E-state index contributed by atoms with van der Waals surface area (Å²) in [5.74, 6) is 1.36. The maximum Gasteiger partial charge on any atom is 0.172 e. The van der Waals surface area contributed by atoms with Crippen LogP contribution in [-0.2, 0) is 18.6 Å². The van der Waals surface area contributed by atoms with E-state index in [-0.39, 0.29) is 10.3 Å². The maximum absolute atomic E-state index is 7.17. The Balaban J connectivity index is 2.71. The van der Waals surface area contributed by atoms with Gasteiger partial charge in [0, 0.05) is 22.6 Å². The first-order valence-corrected chi connectivity index (χ1v) is 6.86. The quantitative estimate of drug-likeness (QED) is 0.368. The molecule has 1 aromatic heterocycles. The number of amidine groups is 2. The molecule has 6 N–H and O–H groups in total. The molecule has 5 nitrogen and oxygen atoms in total. The van der Waals surface area contributed by atoms with Crippen molar-refractivity contribution in [2.45, 2.75) is 11.5 Å². The fourth-order valence-electron chi connectivity index (χ4n) is 1.35. The van der Waals surface area contributed by atoms with E-state index in [1.54, 1.807) is 0 Å². The summed E-state index contributed by atoms with van der Waals surface area (Å²) < 4.78 is 1.96. The van der Waals surface area contributed by atoms with Crippen LogP contribution >= 0.6 is 23.5 Å². The number of hydrogen-bond acceptors (Lipinski definition) is 4. The zero-order valence-corrected chi connectivity index (χ0v) is 11.2. The van der Waals surface area contributed by atoms with Crippen LogP contribution < -0.4 is 16.0 Å². The average molecular weight is 270 g/mol. The molecular weight excluding hydrogens is 254 g/mol. The van der Waals surface area contributed by atoms with Gasteiger partial charge < -0.3 is 11.5 Å². The van der Waals surface area contributed by atoms with Crippen LogP contribution in [0.5, 0.6) is 0 Å². The van der Waals surface area contributed by atoms with Gasteiger partial charge in [-0.15, -0.1) is 0 Å². The van der Waals surface area contributed by atoms with Gasteiger partial charge in [0.2, 0.25) is 0 Å². The first-order chi connectivity index (χ1) is 7.97. The van der Waals surface area contributed by atoms with Crippen molar-refractivity contribution in [1.29, 1.82) is 10.8 Å². The topological polar surface area (TPSA) is 104 Å². The molecule has 0 radical (unpaired) electrons. The lowest BCUT2D eigenvalue weighted by atomic mass is 10.2. The van der Waals surface area contributed by atoms with Crippen LogP contribution in [0, 0.1) is 10.8 Å². The minimum Gasteiger partial charge on any atom is -0.379 e. The highest BCUT2D eigenvalue weighted by atomic mass is 32.2. The molecule has 1 rings (SSSR count). The molecule has 0 atom stereocenters. The Morgan fingerprint density at radius 3 is 1.88 bits per heavy atom. The summed E-state index contributed by atoms with van der Waals surface area (Å²) >= 11 is 2.60. The van der Waals surface area contributed by atoms with E-state index in [0.717, 1.165) is 11.1 Å². The van der Waals surface area contributed by atoms with Gasteiger partial charge >= 0.3 is 0 Å². The summed E-state index contributed by atoms with van der Waals surface area (Å²) in [6, 6.07) is 2.05. The smallest absolute Gasteiger partial charge is 0.172 e. The van der Waals surface area contributed by atoms with E-state index >= 15 is 0 Å². The van der Waals surface area contributed by atoms with E-state index in [4.69, 9.17) is 22.3 Å². The predicted molar refractivity (Wildman–Crippen MR) is 74.0 cm³/mol. The van der Waals surface area contributed by atoms with Gasteiger partial charge in [-0.3, -0.25) is 10.8 Å². The van der Waals surface area contributed by atoms with Crippen LogP contribution in [0.3, 0.4) is 0 Å². The van der Waals surface area contributed by atoms with Crippen molar-refractivity contribution in [2.75, 3.05) is 0 Å². The van der Waals surface area contributed by atoms with Gasteiger partial charge in [-0.1, -0.05) is 23.5 Å². The third kappa shape index (κ3) is 5.60. The molecule has 0 amide bonds. The first-order valence-electron chi connectivity index (χ1n) is 4.89. The van der Waals surface area contributed by atoms with E-state index in [2.05, 4.69) is 0 Å². The highest BCUT2D eigenvalue weighted by Gasteiger charge is 2.06. The summed E-state index contributed by atoms with van der Waals surface area (Å²) in [5.41, 5.74) is 12.8. The van der Waals surface area contributed by atoms with Crippen LogP contribution in [0.1, 0.15) is 11.1 Å². The fourth-order valence-corrected chi connectivity index (χ4v) is 2.31. The summed E-state index contributed by atoms with van der Waals surface area (Å²) in [6.45, 7) is 0. The lowest BCUT2D eigenvalue weighted by molar-refractivity contribution is -0.672. The number of hydrogen-bond donors (Lipinski definition) is 4. The van der Waals surface area contributed by atoms with E-state index in [1.165, 1.54) is 23.5 Å². The molecule has 0 unspecified atom stereocenters. The Kier molecular flexibility index (Phi) is 5.30. The molecule has 0 bridgehead atoms.